The summed E-state index contributed by atoms with van der Waals surface area (Å²) in [5.41, 5.74) is -0.591. The first-order valence-electron chi connectivity index (χ1n) is 7.90. The van der Waals surface area contributed by atoms with E-state index in [1.807, 2.05) is 0 Å². The van der Waals surface area contributed by atoms with Crippen molar-refractivity contribution < 1.29 is 19.4 Å². The molecule has 3 amide bonds. The van der Waals surface area contributed by atoms with Gasteiger partial charge in [-0.15, -0.1) is 0 Å². The maximum atomic E-state index is 12.7. The van der Waals surface area contributed by atoms with Gasteiger partial charge in [-0.25, -0.2) is 9.69 Å². The first-order valence-corrected chi connectivity index (χ1v) is 7.90. The van der Waals surface area contributed by atoms with Gasteiger partial charge in [0, 0.05) is 12.8 Å². The van der Waals surface area contributed by atoms with Crippen LogP contribution in [0.15, 0.2) is 0 Å². The zero-order valence-corrected chi connectivity index (χ0v) is 12.3. The van der Waals surface area contributed by atoms with Gasteiger partial charge in [0.2, 0.25) is 0 Å². The highest BCUT2D eigenvalue weighted by molar-refractivity contribution is 6.06. The number of carbonyl (C=O) groups excluding carboxylic acids is 2. The van der Waals surface area contributed by atoms with Gasteiger partial charge in [-0.05, 0) is 19.3 Å². The normalized spacial score (nSPS) is 35.6. The molecule has 112 valence electrons. The highest BCUT2D eigenvalue weighted by Gasteiger charge is 2.54. The molecular weight excluding hydrogens is 256 g/mol. The van der Waals surface area contributed by atoms with E-state index in [-0.39, 0.29) is 11.9 Å². The summed E-state index contributed by atoms with van der Waals surface area (Å²) in [6.45, 7) is 4.62. The van der Waals surface area contributed by atoms with Crippen molar-refractivity contribution in [1.29, 1.82) is 0 Å². The minimum Gasteiger partial charge on any atom is -0.337 e. The second kappa shape index (κ2) is 5.33. The van der Waals surface area contributed by atoms with Crippen LogP contribution in [0.3, 0.4) is 0 Å². The van der Waals surface area contributed by atoms with Crippen molar-refractivity contribution in [2.24, 2.45) is 0 Å². The quantitative estimate of drug-likeness (QED) is 0.495. The predicted molar refractivity (Wildman–Crippen MR) is 73.4 cm³/mol. The van der Waals surface area contributed by atoms with Crippen molar-refractivity contribution in [3.8, 4) is 0 Å². The highest BCUT2D eigenvalue weighted by atomic mass is 16.2. The second-order valence-corrected chi connectivity index (χ2v) is 6.67. The Kier molecular flexibility index (Phi) is 3.69. The number of carbonyl (C=O) groups is 2. The molecule has 3 heterocycles. The highest BCUT2D eigenvalue weighted by Crippen LogP contribution is 2.25. The lowest BCUT2D eigenvalue weighted by Crippen LogP contribution is -3.14. The average Bonchev–Trinajstić information content (AvgIpc) is 2.68. The van der Waals surface area contributed by atoms with Gasteiger partial charge >= 0.3 is 6.03 Å². The largest absolute Gasteiger partial charge is 0.337 e. The average molecular weight is 282 g/mol. The number of rotatable bonds is 2. The lowest BCUT2D eigenvalue weighted by Gasteiger charge is -2.33. The minimum atomic E-state index is -0.591. The Morgan fingerprint density at radius 1 is 1.10 bits per heavy atom. The Hall–Kier alpha value is -1.14. The Balaban J connectivity index is 1.67. The Labute approximate surface area is 120 Å². The number of nitrogens with zero attached hydrogens (tertiary/aromatic N) is 1. The molecule has 0 aromatic carbocycles. The molecule has 0 aromatic heterocycles. The van der Waals surface area contributed by atoms with E-state index >= 15 is 0 Å². The van der Waals surface area contributed by atoms with Gasteiger partial charge in [-0.2, -0.15) is 0 Å². The fourth-order valence-electron chi connectivity index (χ4n) is 3.70. The van der Waals surface area contributed by atoms with Crippen LogP contribution in [-0.4, -0.2) is 62.3 Å². The van der Waals surface area contributed by atoms with Crippen molar-refractivity contribution in [2.75, 3.05) is 39.9 Å². The predicted octanol–water partition coefficient (Wildman–Crippen LogP) is -2.39. The smallest absolute Gasteiger partial charge is 0.329 e. The second-order valence-electron chi connectivity index (χ2n) is 6.67. The van der Waals surface area contributed by atoms with E-state index < -0.39 is 5.54 Å². The summed E-state index contributed by atoms with van der Waals surface area (Å²) < 4.78 is 0. The fourth-order valence-corrected chi connectivity index (χ4v) is 3.70. The molecule has 0 saturated carbocycles. The Bertz CT molecular complexity index is 398. The molecule has 0 aliphatic carbocycles. The summed E-state index contributed by atoms with van der Waals surface area (Å²) in [7, 11) is 2.14. The molecular formula is C14H26N4O2+2. The van der Waals surface area contributed by atoms with Gasteiger partial charge in [0.1, 0.15) is 5.54 Å². The maximum Gasteiger partial charge on any atom is 0.329 e. The molecule has 3 N–H and O–H groups in total. The molecule has 0 atom stereocenters. The van der Waals surface area contributed by atoms with Crippen LogP contribution in [0.1, 0.15) is 32.1 Å². The van der Waals surface area contributed by atoms with Gasteiger partial charge in [0.05, 0.1) is 33.2 Å². The topological polar surface area (TPSA) is 58.3 Å². The molecule has 3 saturated heterocycles. The number of urea groups is 1. The van der Waals surface area contributed by atoms with Gasteiger partial charge in [0.15, 0.2) is 6.67 Å². The van der Waals surface area contributed by atoms with Crippen LogP contribution in [0.4, 0.5) is 4.79 Å². The summed E-state index contributed by atoms with van der Waals surface area (Å²) in [6, 6.07) is -0.173. The number of hydrogen-bond acceptors (Lipinski definition) is 2. The molecule has 0 radical (unpaired) electrons. The van der Waals surface area contributed by atoms with Crippen LogP contribution in [0.2, 0.25) is 0 Å². The molecule has 3 rings (SSSR count). The molecule has 0 aromatic rings. The van der Waals surface area contributed by atoms with E-state index in [1.54, 1.807) is 0 Å². The summed E-state index contributed by atoms with van der Waals surface area (Å²) in [5.74, 6) is 0.0214. The Morgan fingerprint density at radius 3 is 2.40 bits per heavy atom. The van der Waals surface area contributed by atoms with Crippen molar-refractivity contribution in [1.82, 2.24) is 10.2 Å². The third kappa shape index (κ3) is 2.42. The van der Waals surface area contributed by atoms with E-state index in [4.69, 9.17) is 0 Å². The van der Waals surface area contributed by atoms with Gasteiger partial charge < -0.3 is 15.1 Å². The molecule has 3 fully saturated rings. The monoisotopic (exact) mass is 282 g/mol. The zero-order valence-electron chi connectivity index (χ0n) is 12.3. The van der Waals surface area contributed by atoms with Crippen LogP contribution in [0, 0.1) is 0 Å². The van der Waals surface area contributed by atoms with Crippen molar-refractivity contribution in [3.05, 3.63) is 0 Å². The van der Waals surface area contributed by atoms with E-state index in [0.717, 1.165) is 39.0 Å². The van der Waals surface area contributed by atoms with Gasteiger partial charge in [-0.1, -0.05) is 0 Å². The zero-order chi connectivity index (χ0) is 14.2. The number of nitrogens with one attached hydrogen (secondary N) is 3. The van der Waals surface area contributed by atoms with Gasteiger partial charge in [0.25, 0.3) is 5.91 Å². The molecule has 20 heavy (non-hydrogen) atoms. The molecule has 6 heteroatoms. The number of quaternary nitrogens is 2. The van der Waals surface area contributed by atoms with Crippen LogP contribution < -0.4 is 15.1 Å². The minimum absolute atomic E-state index is 0.0214. The molecule has 3 aliphatic rings. The lowest BCUT2D eigenvalue weighted by atomic mass is 9.88. The number of imide groups is 1. The summed E-state index contributed by atoms with van der Waals surface area (Å²) in [4.78, 5) is 29.2. The molecule has 0 unspecified atom stereocenters. The van der Waals surface area contributed by atoms with Crippen molar-refractivity contribution >= 4 is 11.9 Å². The molecule has 3 aliphatic heterocycles. The SMILES string of the molecule is C[NH+]1CCC2(CC1)NC(=O)N(C[NH+]1CCCCC1)C2=O. The van der Waals surface area contributed by atoms with Gasteiger partial charge in [-0.3, -0.25) is 4.79 Å². The number of amides is 3. The standard InChI is InChI=1S/C14H24N4O2/c1-16-9-5-14(6-10-16)12(19)18(13(20)15-14)11-17-7-3-2-4-8-17/h2-11H2,1H3,(H,15,20)/p+2. The van der Waals surface area contributed by atoms with Crippen LogP contribution in [0.5, 0.6) is 0 Å². The van der Waals surface area contributed by atoms with E-state index in [9.17, 15) is 9.59 Å². The molecule has 1 spiro atoms. The molecule has 6 nitrogen and oxygen atoms in total. The van der Waals surface area contributed by atoms with Crippen LogP contribution in [-0.2, 0) is 4.79 Å². The molecule has 0 bridgehead atoms. The van der Waals surface area contributed by atoms with E-state index in [0.29, 0.717) is 6.67 Å². The lowest BCUT2D eigenvalue weighted by molar-refractivity contribution is -0.912. The third-order valence-electron chi connectivity index (χ3n) is 5.15. The number of hydrogen-bond donors (Lipinski definition) is 3. The third-order valence-corrected chi connectivity index (χ3v) is 5.15. The summed E-state index contributed by atoms with van der Waals surface area (Å²) in [6.07, 6.45) is 5.24. The first kappa shape index (κ1) is 13.8. The number of piperidine rings is 2. The first-order chi connectivity index (χ1) is 9.61. The van der Waals surface area contributed by atoms with Crippen LogP contribution >= 0.6 is 0 Å². The maximum absolute atomic E-state index is 12.7. The Morgan fingerprint density at radius 2 is 1.75 bits per heavy atom. The van der Waals surface area contributed by atoms with Crippen molar-refractivity contribution in [3.63, 3.8) is 0 Å². The van der Waals surface area contributed by atoms with E-state index in [1.165, 1.54) is 34.0 Å². The summed E-state index contributed by atoms with van der Waals surface area (Å²) >= 11 is 0. The van der Waals surface area contributed by atoms with E-state index in [2.05, 4.69) is 12.4 Å². The van der Waals surface area contributed by atoms with Crippen LogP contribution in [0.25, 0.3) is 0 Å². The number of likely N-dealkylation sites (tertiary alicyclic amines) is 2. The fraction of sp³-hybridized carbons (Fsp3) is 0.857. The van der Waals surface area contributed by atoms with Crippen molar-refractivity contribution in [2.45, 2.75) is 37.6 Å². The summed E-state index contributed by atoms with van der Waals surface area (Å²) in [5, 5.41) is 2.99.